The summed E-state index contributed by atoms with van der Waals surface area (Å²) in [6.45, 7) is 0.102. The second-order valence-electron chi connectivity index (χ2n) is 4.52. The van der Waals surface area contributed by atoms with Crippen LogP contribution in [0, 0.1) is 17.1 Å². The van der Waals surface area contributed by atoms with Gasteiger partial charge in [-0.2, -0.15) is 10.4 Å². The zero-order valence-electron chi connectivity index (χ0n) is 11.2. The molecule has 0 spiro atoms. The molecule has 0 atom stereocenters. The average molecular weight is 272 g/mol. The molecule has 20 heavy (non-hydrogen) atoms. The Hall–Kier alpha value is -2.68. The Morgan fingerprint density at radius 1 is 1.50 bits per heavy atom. The van der Waals surface area contributed by atoms with Crippen LogP contribution in [-0.2, 0) is 11.3 Å². The van der Waals surface area contributed by atoms with Gasteiger partial charge in [0.15, 0.2) is 0 Å². The van der Waals surface area contributed by atoms with Gasteiger partial charge in [0.25, 0.3) is 0 Å². The number of halogens is 1. The van der Waals surface area contributed by atoms with Gasteiger partial charge in [-0.3, -0.25) is 9.48 Å². The Morgan fingerprint density at radius 3 is 2.85 bits per heavy atom. The molecule has 0 bridgehead atoms. The van der Waals surface area contributed by atoms with Crippen molar-refractivity contribution in [1.29, 1.82) is 5.26 Å². The van der Waals surface area contributed by atoms with Gasteiger partial charge < -0.3 is 4.90 Å². The van der Waals surface area contributed by atoms with Gasteiger partial charge in [-0.15, -0.1) is 0 Å². The van der Waals surface area contributed by atoms with Crippen molar-refractivity contribution in [3.63, 3.8) is 0 Å². The fourth-order valence-corrected chi connectivity index (χ4v) is 1.69. The molecule has 5 nitrogen and oxygen atoms in total. The number of nitrogens with zero attached hydrogens (tertiary/aromatic N) is 4. The third-order valence-corrected chi connectivity index (χ3v) is 2.84. The summed E-state index contributed by atoms with van der Waals surface area (Å²) in [6, 6.07) is 6.13. The van der Waals surface area contributed by atoms with Crippen LogP contribution in [-0.4, -0.2) is 34.7 Å². The van der Waals surface area contributed by atoms with Crippen LogP contribution in [0.25, 0.3) is 11.1 Å². The number of hydrogen-bond acceptors (Lipinski definition) is 3. The summed E-state index contributed by atoms with van der Waals surface area (Å²) in [5.74, 6) is -0.581. The van der Waals surface area contributed by atoms with E-state index in [1.54, 1.807) is 26.4 Å². The molecule has 2 aromatic rings. The molecule has 0 saturated carbocycles. The number of rotatable bonds is 3. The van der Waals surface area contributed by atoms with Crippen molar-refractivity contribution in [3.8, 4) is 17.2 Å². The minimum absolute atomic E-state index is 0.0973. The highest BCUT2D eigenvalue weighted by Gasteiger charge is 2.11. The van der Waals surface area contributed by atoms with Crippen molar-refractivity contribution in [2.75, 3.05) is 14.1 Å². The van der Waals surface area contributed by atoms with E-state index in [-0.39, 0.29) is 18.0 Å². The van der Waals surface area contributed by atoms with Crippen molar-refractivity contribution in [1.82, 2.24) is 14.7 Å². The quantitative estimate of drug-likeness (QED) is 0.853. The van der Waals surface area contributed by atoms with E-state index >= 15 is 0 Å². The van der Waals surface area contributed by atoms with Gasteiger partial charge in [0.1, 0.15) is 12.4 Å². The molecular formula is C14H13FN4O. The van der Waals surface area contributed by atoms with Gasteiger partial charge in [-0.05, 0) is 12.1 Å². The van der Waals surface area contributed by atoms with Crippen molar-refractivity contribution in [3.05, 3.63) is 42.0 Å². The van der Waals surface area contributed by atoms with Crippen LogP contribution >= 0.6 is 0 Å². The number of benzene rings is 1. The Bertz CT molecular complexity index is 685. The highest BCUT2D eigenvalue weighted by molar-refractivity contribution is 5.75. The molecule has 6 heteroatoms. The highest BCUT2D eigenvalue weighted by atomic mass is 19.1. The van der Waals surface area contributed by atoms with Crippen LogP contribution in [0.1, 0.15) is 5.56 Å². The number of likely N-dealkylation sites (N-methyl/N-ethyl adjacent to an activating group) is 1. The molecule has 1 aromatic heterocycles. The summed E-state index contributed by atoms with van der Waals surface area (Å²) < 4.78 is 15.3. The lowest BCUT2D eigenvalue weighted by Crippen LogP contribution is -2.26. The zero-order chi connectivity index (χ0) is 14.7. The minimum Gasteiger partial charge on any atom is -0.347 e. The van der Waals surface area contributed by atoms with E-state index in [9.17, 15) is 9.18 Å². The maximum atomic E-state index is 13.9. The monoisotopic (exact) mass is 272 g/mol. The topological polar surface area (TPSA) is 61.9 Å². The maximum absolute atomic E-state index is 13.9. The molecule has 0 radical (unpaired) electrons. The van der Waals surface area contributed by atoms with Crippen molar-refractivity contribution in [2.45, 2.75) is 6.54 Å². The van der Waals surface area contributed by atoms with E-state index in [1.807, 2.05) is 6.07 Å². The van der Waals surface area contributed by atoms with Crippen molar-refractivity contribution in [2.24, 2.45) is 0 Å². The normalized spacial score (nSPS) is 10.1. The molecule has 1 heterocycles. The lowest BCUT2D eigenvalue weighted by atomic mass is 10.1. The zero-order valence-corrected chi connectivity index (χ0v) is 11.2. The van der Waals surface area contributed by atoms with Gasteiger partial charge in [0, 0.05) is 31.4 Å². The van der Waals surface area contributed by atoms with Crippen molar-refractivity contribution < 1.29 is 9.18 Å². The molecule has 0 unspecified atom stereocenters. The van der Waals surface area contributed by atoms with E-state index in [4.69, 9.17) is 5.26 Å². The molecular weight excluding hydrogens is 259 g/mol. The predicted molar refractivity (Wildman–Crippen MR) is 71.0 cm³/mol. The average Bonchev–Trinajstić information content (AvgIpc) is 2.86. The molecule has 0 N–H and O–H groups in total. The first-order chi connectivity index (χ1) is 9.51. The molecule has 1 amide bonds. The van der Waals surface area contributed by atoms with Crippen LogP contribution in [0.4, 0.5) is 4.39 Å². The lowest BCUT2D eigenvalue weighted by molar-refractivity contribution is -0.129. The first-order valence-electron chi connectivity index (χ1n) is 5.94. The first kappa shape index (κ1) is 13.7. The number of aromatic nitrogens is 2. The van der Waals surface area contributed by atoms with Crippen LogP contribution < -0.4 is 0 Å². The molecule has 0 aliphatic rings. The van der Waals surface area contributed by atoms with Gasteiger partial charge in [0.2, 0.25) is 5.91 Å². The second kappa shape index (κ2) is 5.53. The minimum atomic E-state index is -0.484. The summed E-state index contributed by atoms with van der Waals surface area (Å²) in [7, 11) is 3.32. The number of carbonyl (C=O) groups is 1. The van der Waals surface area contributed by atoms with Gasteiger partial charge in [-0.25, -0.2) is 4.39 Å². The Balaban J connectivity index is 2.25. The lowest BCUT2D eigenvalue weighted by Gasteiger charge is -2.09. The molecule has 0 aliphatic carbocycles. The summed E-state index contributed by atoms with van der Waals surface area (Å²) in [5.41, 5.74) is 1.19. The Morgan fingerprint density at radius 2 is 2.25 bits per heavy atom. The van der Waals surface area contributed by atoms with Gasteiger partial charge in [-0.1, -0.05) is 6.07 Å². The molecule has 0 aliphatic heterocycles. The fraction of sp³-hybridized carbons (Fsp3) is 0.214. The van der Waals surface area contributed by atoms with E-state index in [0.717, 1.165) is 0 Å². The predicted octanol–water partition coefficient (Wildman–Crippen LogP) is 1.65. The van der Waals surface area contributed by atoms with E-state index in [0.29, 0.717) is 11.1 Å². The van der Waals surface area contributed by atoms with E-state index < -0.39 is 5.82 Å². The SMILES string of the molecule is CN(C)C(=O)Cn1cc(-c2ccc(C#N)cc2F)cn1. The van der Waals surface area contributed by atoms with E-state index in [1.165, 1.54) is 27.9 Å². The van der Waals surface area contributed by atoms with Crippen LogP contribution in [0.3, 0.4) is 0 Å². The molecule has 102 valence electrons. The largest absolute Gasteiger partial charge is 0.347 e. The number of amides is 1. The number of nitriles is 1. The van der Waals surface area contributed by atoms with Crippen LogP contribution in [0.5, 0.6) is 0 Å². The smallest absolute Gasteiger partial charge is 0.243 e. The van der Waals surface area contributed by atoms with E-state index in [2.05, 4.69) is 5.10 Å². The summed E-state index contributed by atoms with van der Waals surface area (Å²) in [5, 5.41) is 12.7. The van der Waals surface area contributed by atoms with Crippen molar-refractivity contribution >= 4 is 5.91 Å². The summed E-state index contributed by atoms with van der Waals surface area (Å²) in [4.78, 5) is 13.0. The Labute approximate surface area is 115 Å². The number of carbonyl (C=O) groups excluding carboxylic acids is 1. The highest BCUT2D eigenvalue weighted by Crippen LogP contribution is 2.23. The number of hydrogen-bond donors (Lipinski definition) is 0. The second-order valence-corrected chi connectivity index (χ2v) is 4.52. The molecule has 2 rings (SSSR count). The third kappa shape index (κ3) is 2.83. The molecule has 0 saturated heterocycles. The fourth-order valence-electron chi connectivity index (χ4n) is 1.69. The van der Waals surface area contributed by atoms with Gasteiger partial charge >= 0.3 is 0 Å². The Kier molecular flexibility index (Phi) is 3.80. The summed E-state index contributed by atoms with van der Waals surface area (Å²) >= 11 is 0. The molecule has 0 fully saturated rings. The van der Waals surface area contributed by atoms with Crippen LogP contribution in [0.15, 0.2) is 30.6 Å². The third-order valence-electron chi connectivity index (χ3n) is 2.84. The van der Waals surface area contributed by atoms with Crippen LogP contribution in [0.2, 0.25) is 0 Å². The van der Waals surface area contributed by atoms with Gasteiger partial charge in [0.05, 0.1) is 17.8 Å². The standard InChI is InChI=1S/C14H13FN4O/c1-18(2)14(20)9-19-8-11(7-17-19)12-4-3-10(6-16)5-13(12)15/h3-5,7-8H,9H2,1-2H3. The first-order valence-corrected chi connectivity index (χ1v) is 5.94. The molecule has 1 aromatic carbocycles. The summed E-state index contributed by atoms with van der Waals surface area (Å²) in [6.07, 6.45) is 3.10. The maximum Gasteiger partial charge on any atom is 0.243 e.